The SMILES string of the molecule is CCCCCCCCCCCCCCCCCCCC/C=C/C(O)C(CO)NC(=O)CCCCCCCCCCCCCCCCCCCCCCOC(=O)CCCCCCCCCCCCCCCC. The summed E-state index contributed by atoms with van der Waals surface area (Å²) in [6.07, 6.45) is 74.0. The van der Waals surface area contributed by atoms with Crippen LogP contribution >= 0.6 is 0 Å². The Morgan fingerprint density at radius 2 is 0.648 bits per heavy atom. The molecule has 0 aliphatic heterocycles. The third-order valence-corrected chi connectivity index (χ3v) is 15.3. The number of aliphatic hydroxyl groups excluding tert-OH is 2. The van der Waals surface area contributed by atoms with E-state index in [0.717, 1.165) is 38.5 Å². The van der Waals surface area contributed by atoms with Crippen LogP contribution < -0.4 is 5.32 Å². The summed E-state index contributed by atoms with van der Waals surface area (Å²) in [5.41, 5.74) is 0. The van der Waals surface area contributed by atoms with Gasteiger partial charge in [0.1, 0.15) is 0 Å². The minimum atomic E-state index is -0.846. The molecule has 0 aromatic rings. The fraction of sp³-hybridized carbons (Fsp3) is 0.938. The van der Waals surface area contributed by atoms with Gasteiger partial charge < -0.3 is 20.3 Å². The van der Waals surface area contributed by atoms with E-state index in [9.17, 15) is 19.8 Å². The maximum absolute atomic E-state index is 12.5. The summed E-state index contributed by atoms with van der Waals surface area (Å²) in [5, 5.41) is 23.2. The lowest BCUT2D eigenvalue weighted by atomic mass is 10.0. The maximum atomic E-state index is 12.5. The molecule has 6 heteroatoms. The third-order valence-electron chi connectivity index (χ3n) is 15.3. The van der Waals surface area contributed by atoms with Crippen LogP contribution in [0.3, 0.4) is 0 Å². The van der Waals surface area contributed by atoms with Gasteiger partial charge in [-0.15, -0.1) is 0 Å². The lowest BCUT2D eigenvalue weighted by Crippen LogP contribution is -2.45. The highest BCUT2D eigenvalue weighted by atomic mass is 16.5. The Morgan fingerprint density at radius 3 is 0.958 bits per heavy atom. The highest BCUT2D eigenvalue weighted by molar-refractivity contribution is 5.76. The number of nitrogens with one attached hydrogen (secondary N) is 1. The normalized spacial score (nSPS) is 12.6. The fourth-order valence-electron chi connectivity index (χ4n) is 10.3. The maximum Gasteiger partial charge on any atom is 0.305 e. The average Bonchev–Trinajstić information content (AvgIpc) is 3.37. The second-order valence-electron chi connectivity index (χ2n) is 22.5. The van der Waals surface area contributed by atoms with Crippen molar-refractivity contribution in [2.24, 2.45) is 0 Å². The minimum absolute atomic E-state index is 0.0131. The van der Waals surface area contributed by atoms with Crippen molar-refractivity contribution in [3.8, 4) is 0 Å². The van der Waals surface area contributed by atoms with E-state index in [1.54, 1.807) is 6.08 Å². The van der Waals surface area contributed by atoms with E-state index in [2.05, 4.69) is 19.2 Å². The van der Waals surface area contributed by atoms with Gasteiger partial charge in [-0.3, -0.25) is 9.59 Å². The molecule has 2 unspecified atom stereocenters. The molecule has 0 radical (unpaired) electrons. The number of ether oxygens (including phenoxy) is 1. The van der Waals surface area contributed by atoms with Gasteiger partial charge >= 0.3 is 5.97 Å². The van der Waals surface area contributed by atoms with Crippen molar-refractivity contribution in [1.82, 2.24) is 5.32 Å². The van der Waals surface area contributed by atoms with Crippen molar-refractivity contribution in [3.63, 3.8) is 0 Å². The molecule has 0 aliphatic carbocycles. The highest BCUT2D eigenvalue weighted by Crippen LogP contribution is 2.18. The second-order valence-corrected chi connectivity index (χ2v) is 22.5. The predicted molar refractivity (Wildman–Crippen MR) is 310 cm³/mol. The molecule has 0 bridgehead atoms. The van der Waals surface area contributed by atoms with Crippen molar-refractivity contribution >= 4 is 11.9 Å². The number of rotatable bonds is 61. The predicted octanol–water partition coefficient (Wildman–Crippen LogP) is 20.4. The summed E-state index contributed by atoms with van der Waals surface area (Å²) >= 11 is 0. The zero-order valence-electron chi connectivity index (χ0n) is 48.2. The lowest BCUT2D eigenvalue weighted by molar-refractivity contribution is -0.143. The van der Waals surface area contributed by atoms with Crippen LogP contribution in [0.1, 0.15) is 367 Å². The Balaban J connectivity index is 3.41. The van der Waals surface area contributed by atoms with E-state index < -0.39 is 12.1 Å². The molecule has 0 fully saturated rings. The molecule has 0 saturated heterocycles. The van der Waals surface area contributed by atoms with Crippen molar-refractivity contribution in [3.05, 3.63) is 12.2 Å². The van der Waals surface area contributed by atoms with Gasteiger partial charge in [-0.05, 0) is 32.1 Å². The number of hydrogen-bond acceptors (Lipinski definition) is 5. The van der Waals surface area contributed by atoms with Crippen LogP contribution in [-0.2, 0) is 14.3 Å². The van der Waals surface area contributed by atoms with E-state index in [-0.39, 0.29) is 18.5 Å². The molecule has 2 atom stereocenters. The van der Waals surface area contributed by atoms with Crippen LogP contribution in [0.15, 0.2) is 12.2 Å². The van der Waals surface area contributed by atoms with Gasteiger partial charge in [-0.25, -0.2) is 0 Å². The summed E-state index contributed by atoms with van der Waals surface area (Å²) in [5.74, 6) is -0.0527. The van der Waals surface area contributed by atoms with Gasteiger partial charge in [0.05, 0.1) is 25.4 Å². The van der Waals surface area contributed by atoms with E-state index in [4.69, 9.17) is 4.74 Å². The summed E-state index contributed by atoms with van der Waals surface area (Å²) in [6, 6.07) is -0.629. The topological polar surface area (TPSA) is 95.9 Å². The van der Waals surface area contributed by atoms with E-state index in [0.29, 0.717) is 19.4 Å². The molecular formula is C65H127NO5. The Labute approximate surface area is 444 Å². The molecule has 0 aromatic heterocycles. The molecule has 0 heterocycles. The van der Waals surface area contributed by atoms with Crippen LogP contribution in [0.25, 0.3) is 0 Å². The van der Waals surface area contributed by atoms with Gasteiger partial charge in [-0.1, -0.05) is 334 Å². The second kappa shape index (κ2) is 61.1. The van der Waals surface area contributed by atoms with Gasteiger partial charge in [0, 0.05) is 12.8 Å². The van der Waals surface area contributed by atoms with Crippen molar-refractivity contribution in [2.75, 3.05) is 13.2 Å². The van der Waals surface area contributed by atoms with Crippen molar-refractivity contribution < 1.29 is 24.5 Å². The smallest absolute Gasteiger partial charge is 0.305 e. The quantitative estimate of drug-likeness (QED) is 0.0320. The molecule has 0 spiro atoms. The first-order chi connectivity index (χ1) is 35.0. The fourth-order valence-corrected chi connectivity index (χ4v) is 10.3. The Morgan fingerprint density at radius 1 is 0.380 bits per heavy atom. The lowest BCUT2D eigenvalue weighted by Gasteiger charge is -2.20. The summed E-state index contributed by atoms with van der Waals surface area (Å²) in [4.78, 5) is 24.6. The first kappa shape index (κ1) is 69.6. The van der Waals surface area contributed by atoms with Crippen LogP contribution in [0.4, 0.5) is 0 Å². The largest absolute Gasteiger partial charge is 0.466 e. The monoisotopic (exact) mass is 1000 g/mol. The van der Waals surface area contributed by atoms with Gasteiger partial charge in [0.25, 0.3) is 0 Å². The van der Waals surface area contributed by atoms with E-state index >= 15 is 0 Å². The zero-order valence-corrected chi connectivity index (χ0v) is 48.2. The van der Waals surface area contributed by atoms with Crippen LogP contribution in [0.5, 0.6) is 0 Å². The van der Waals surface area contributed by atoms with Crippen LogP contribution in [0, 0.1) is 0 Å². The summed E-state index contributed by atoms with van der Waals surface area (Å²) in [6.45, 7) is 4.94. The Bertz CT molecular complexity index is 1060. The molecule has 0 aromatic carbocycles. The molecule has 422 valence electrons. The average molecular weight is 1000 g/mol. The molecule has 1 amide bonds. The minimum Gasteiger partial charge on any atom is -0.466 e. The van der Waals surface area contributed by atoms with Gasteiger partial charge in [-0.2, -0.15) is 0 Å². The van der Waals surface area contributed by atoms with Crippen LogP contribution in [-0.4, -0.2) is 47.4 Å². The van der Waals surface area contributed by atoms with E-state index in [1.165, 1.54) is 302 Å². The first-order valence-corrected chi connectivity index (χ1v) is 32.5. The van der Waals surface area contributed by atoms with Crippen molar-refractivity contribution in [1.29, 1.82) is 0 Å². The molecule has 3 N–H and O–H groups in total. The number of hydrogen-bond donors (Lipinski definition) is 3. The number of aliphatic hydroxyl groups is 2. The van der Waals surface area contributed by atoms with Crippen molar-refractivity contribution in [2.45, 2.75) is 379 Å². The number of carbonyl (C=O) groups excluding carboxylic acids is 2. The third kappa shape index (κ3) is 57.7. The zero-order chi connectivity index (χ0) is 51.4. The highest BCUT2D eigenvalue weighted by Gasteiger charge is 2.18. The molecule has 0 aliphatic rings. The van der Waals surface area contributed by atoms with E-state index in [1.807, 2.05) is 6.08 Å². The molecular weight excluding hydrogens is 875 g/mol. The summed E-state index contributed by atoms with van der Waals surface area (Å²) < 4.78 is 5.49. The number of carbonyl (C=O) groups is 2. The Hall–Kier alpha value is -1.40. The molecule has 71 heavy (non-hydrogen) atoms. The first-order valence-electron chi connectivity index (χ1n) is 32.5. The Kier molecular flexibility index (Phi) is 59.9. The molecule has 0 rings (SSSR count). The van der Waals surface area contributed by atoms with Gasteiger partial charge in [0.2, 0.25) is 5.91 Å². The number of allylic oxidation sites excluding steroid dienone is 1. The number of esters is 1. The molecule has 6 nitrogen and oxygen atoms in total. The van der Waals surface area contributed by atoms with Crippen LogP contribution in [0.2, 0.25) is 0 Å². The van der Waals surface area contributed by atoms with Gasteiger partial charge in [0.15, 0.2) is 0 Å². The summed E-state index contributed by atoms with van der Waals surface area (Å²) in [7, 11) is 0. The standard InChI is InChI=1S/C65H127NO5/c1-3-5-7-9-11-13-15-17-19-20-21-24-27-30-33-37-41-45-49-53-57-63(68)62(61-67)66-64(69)58-54-50-46-42-38-34-31-28-25-22-23-26-29-32-36-40-44-48-52-56-60-71-65(70)59-55-51-47-43-39-35-18-16-14-12-10-8-6-4-2/h53,57,62-63,67-68H,3-52,54-56,58-61H2,1-2H3,(H,66,69)/b57-53+. The number of amides is 1. The number of unbranched alkanes of at least 4 members (excludes halogenated alkanes) is 50. The molecule has 0 saturated carbocycles.